The maximum absolute atomic E-state index is 14.7. The molecule has 3 aromatic carbocycles. The molecule has 9 N–H and O–H groups in total. The molecule has 5 atom stereocenters. The van der Waals surface area contributed by atoms with Crippen LogP contribution in [0.4, 0.5) is 4.39 Å². The molecule has 0 radical (unpaired) electrons. The van der Waals surface area contributed by atoms with E-state index in [0.717, 1.165) is 45.8 Å². The molecule has 2 heterocycles. The highest BCUT2D eigenvalue weighted by molar-refractivity contribution is 7.13. The van der Waals surface area contributed by atoms with Gasteiger partial charge in [-0.1, -0.05) is 75.7 Å². The van der Waals surface area contributed by atoms with Crippen molar-refractivity contribution in [3.05, 3.63) is 118 Å². The lowest BCUT2D eigenvalue weighted by molar-refractivity contribution is -0.145. The molecule has 2 fully saturated rings. The molecule has 1 aromatic heterocycles. The number of phenolic OH excluding ortho intramolecular Hbond substituents is 1. The number of allylic oxidation sites excluding steroid dienone is 1. The number of unbranched alkanes of at least 4 members (excludes halogenated alkanes) is 2. The minimum absolute atomic E-state index is 0.0218. The van der Waals surface area contributed by atoms with E-state index >= 15 is 0 Å². The number of aliphatic hydroxyl groups is 1. The Morgan fingerprint density at radius 3 is 2.35 bits per heavy atom. The zero-order valence-electron chi connectivity index (χ0n) is 44.7. The zero-order valence-corrected chi connectivity index (χ0v) is 45.5. The third-order valence-corrected chi connectivity index (χ3v) is 15.4. The lowest BCUT2D eigenvalue weighted by Crippen LogP contribution is -2.59. The maximum atomic E-state index is 14.7. The predicted octanol–water partition coefficient (Wildman–Crippen LogP) is 4.76. The second kappa shape index (κ2) is 25.3. The first-order valence-corrected chi connectivity index (χ1v) is 27.2. The van der Waals surface area contributed by atoms with Crippen molar-refractivity contribution in [2.24, 2.45) is 11.1 Å². The van der Waals surface area contributed by atoms with Gasteiger partial charge in [-0.15, -0.1) is 11.3 Å². The van der Waals surface area contributed by atoms with E-state index in [1.54, 1.807) is 26.3 Å². The molecule has 4 aromatic rings. The summed E-state index contributed by atoms with van der Waals surface area (Å²) in [5.74, 6) is -4.93. The molecule has 1 aliphatic heterocycles. The van der Waals surface area contributed by atoms with Crippen molar-refractivity contribution in [2.75, 3.05) is 33.2 Å². The summed E-state index contributed by atoms with van der Waals surface area (Å²) in [6.07, 6.45) is 3.19. The second-order valence-corrected chi connectivity index (χ2v) is 22.3. The van der Waals surface area contributed by atoms with E-state index < -0.39 is 76.4 Å². The number of carbonyl (C=O) groups excluding carboxylic acids is 8. The Balaban J connectivity index is 0.847. The van der Waals surface area contributed by atoms with Gasteiger partial charge in [0.15, 0.2) is 11.5 Å². The zero-order chi connectivity index (χ0) is 56.5. The first-order valence-electron chi connectivity index (χ1n) is 26.3. The van der Waals surface area contributed by atoms with Crippen LogP contribution in [0.25, 0.3) is 10.4 Å². The fourth-order valence-corrected chi connectivity index (χ4v) is 10.4. The molecule has 3 aliphatic rings. The summed E-state index contributed by atoms with van der Waals surface area (Å²) in [4.78, 5) is 114. The molecular formula is C57H70FN9O10S. The Morgan fingerprint density at radius 1 is 0.949 bits per heavy atom. The number of aromatic nitrogens is 1. The van der Waals surface area contributed by atoms with E-state index in [2.05, 4.69) is 31.6 Å². The molecule has 2 aliphatic carbocycles. The number of β-amino-alcohol motifs (C(OH)–C–C–N with tert-alkyl or cyclic N) is 1. The third-order valence-electron chi connectivity index (χ3n) is 14.4. The number of likely N-dealkylation sites (N-methyl/N-ethyl adjacent to an activating group) is 1. The van der Waals surface area contributed by atoms with Crippen molar-refractivity contribution in [1.29, 1.82) is 0 Å². The highest BCUT2D eigenvalue weighted by Crippen LogP contribution is 2.41. The SMILES string of the molecule is Cc1ncsc1-c1ccc([C@H](CC(=O)NCCCCCC(=O)NCCN(C)C(=O)c2ccc(C(=O)C=C(N)C(=O)NC3CCc4ccccc43)cc2O)NC(=O)[C@@H]2C[C@@H](O)CN2C(=O)[C@@H](NC(=O)C2(F)CC2)C(C)(C)C)cc1. The number of fused-ring (bicyclic) bond motifs is 1. The Morgan fingerprint density at radius 2 is 1.67 bits per heavy atom. The number of phenols is 1. The van der Waals surface area contributed by atoms with E-state index in [0.29, 0.717) is 31.2 Å². The molecular weight excluding hydrogens is 1020 g/mol. The van der Waals surface area contributed by atoms with Crippen molar-refractivity contribution in [3.63, 3.8) is 0 Å². The highest BCUT2D eigenvalue weighted by Gasteiger charge is 2.53. The first-order chi connectivity index (χ1) is 37.0. The lowest BCUT2D eigenvalue weighted by Gasteiger charge is -2.36. The van der Waals surface area contributed by atoms with Crippen molar-refractivity contribution in [1.82, 2.24) is 41.4 Å². The number of amides is 7. The number of benzene rings is 3. The largest absolute Gasteiger partial charge is 0.507 e. The van der Waals surface area contributed by atoms with Crippen LogP contribution >= 0.6 is 11.3 Å². The maximum Gasteiger partial charge on any atom is 0.267 e. The van der Waals surface area contributed by atoms with Crippen LogP contribution in [0.15, 0.2) is 84.0 Å². The number of aliphatic hydroxyl groups excluding tert-OH is 1. The Hall–Kier alpha value is -7.52. The molecule has 7 rings (SSSR count). The number of hydrogen-bond donors (Lipinski definition) is 8. The molecule has 19 nitrogen and oxygen atoms in total. The molecule has 1 saturated heterocycles. The van der Waals surface area contributed by atoms with Gasteiger partial charge in [0.1, 0.15) is 23.5 Å². The summed E-state index contributed by atoms with van der Waals surface area (Å²) in [6.45, 7) is 7.41. The van der Waals surface area contributed by atoms with Crippen LogP contribution in [0.1, 0.15) is 134 Å². The number of aromatic hydroxyl groups is 1. The van der Waals surface area contributed by atoms with Gasteiger partial charge in [-0.2, -0.15) is 0 Å². The number of rotatable bonds is 23. The predicted molar refractivity (Wildman–Crippen MR) is 290 cm³/mol. The van der Waals surface area contributed by atoms with Crippen LogP contribution in [0.3, 0.4) is 0 Å². The highest BCUT2D eigenvalue weighted by atomic mass is 32.1. The van der Waals surface area contributed by atoms with Gasteiger partial charge in [-0.25, -0.2) is 9.37 Å². The van der Waals surface area contributed by atoms with Crippen molar-refractivity contribution in [3.8, 4) is 16.2 Å². The number of halogens is 1. The summed E-state index contributed by atoms with van der Waals surface area (Å²) in [6, 6.07) is 15.5. The molecule has 7 amide bonds. The smallest absolute Gasteiger partial charge is 0.267 e. The van der Waals surface area contributed by atoms with Crippen LogP contribution in [0.5, 0.6) is 5.75 Å². The Bertz CT molecular complexity index is 2930. The van der Waals surface area contributed by atoms with Gasteiger partial charge in [-0.3, -0.25) is 38.4 Å². The first kappa shape index (κ1) is 58.2. The average molecular weight is 1090 g/mol. The third kappa shape index (κ3) is 14.7. The number of alkyl halides is 1. The lowest BCUT2D eigenvalue weighted by atomic mass is 9.85. The number of nitrogens with two attached hydrogens (primary N) is 1. The summed E-state index contributed by atoms with van der Waals surface area (Å²) in [5.41, 5.74) is 9.01. The normalized spacial score (nSPS) is 18.2. The number of hydrogen-bond acceptors (Lipinski definition) is 13. The van der Waals surface area contributed by atoms with Crippen molar-refractivity contribution in [2.45, 2.75) is 128 Å². The van der Waals surface area contributed by atoms with E-state index in [9.17, 15) is 53.0 Å². The minimum Gasteiger partial charge on any atom is -0.507 e. The minimum atomic E-state index is -2.03. The van der Waals surface area contributed by atoms with Crippen LogP contribution < -0.4 is 32.3 Å². The van der Waals surface area contributed by atoms with Crippen LogP contribution in [-0.4, -0.2) is 129 Å². The van der Waals surface area contributed by atoms with Gasteiger partial charge >= 0.3 is 0 Å². The van der Waals surface area contributed by atoms with Crippen LogP contribution in [0, 0.1) is 12.3 Å². The number of ketones is 1. The molecule has 0 spiro atoms. The van der Waals surface area contributed by atoms with Gasteiger partial charge < -0.3 is 52.3 Å². The van der Waals surface area contributed by atoms with Gasteiger partial charge in [0.25, 0.3) is 17.7 Å². The topological polar surface area (TPSA) is 283 Å². The second-order valence-electron chi connectivity index (χ2n) is 21.5. The summed E-state index contributed by atoms with van der Waals surface area (Å²) in [5, 5.41) is 35.5. The van der Waals surface area contributed by atoms with E-state index in [1.165, 1.54) is 40.3 Å². The Kier molecular flexibility index (Phi) is 18.9. The number of thiazole rings is 1. The molecule has 0 bridgehead atoms. The average Bonchev–Trinajstić information content (AvgIpc) is 3.68. The van der Waals surface area contributed by atoms with Gasteiger partial charge in [-0.05, 0) is 91.3 Å². The standard InChI is InChI=1S/C57H70FN9O10S/c1-33-49(78-32-62-33)36-16-14-35(15-17-36)43(64-52(74)44-28-38(68)31-67(44)54(76)50(56(2,3)4)65-55(77)57(58)22-23-57)30-48(72)60-24-10-6-7-13-47(71)61-25-26-66(5)53(75)40-20-18-37(27-46(40)70)45(69)29-41(59)51(73)63-42-21-19-34-11-8-9-12-39(34)42/h8-9,11-12,14-18,20,27,29,32,38,42-44,50,68,70H,6-7,10,13,19,21-26,28,30-31,59H2,1-5H3,(H,60,72)(H,61,71)(H,63,73)(H,64,74)(H,65,77)/t38-,42?,43+,44+,50-/m1/s1. The van der Waals surface area contributed by atoms with Crippen molar-refractivity contribution < 1.29 is 53.0 Å². The van der Waals surface area contributed by atoms with E-state index in [4.69, 9.17) is 5.73 Å². The fraction of sp³-hybridized carbons (Fsp3) is 0.456. The number of likely N-dealkylation sites (tertiary alicyclic amines) is 1. The number of nitrogens with one attached hydrogen (secondary N) is 5. The summed E-state index contributed by atoms with van der Waals surface area (Å²) < 4.78 is 14.7. The van der Waals surface area contributed by atoms with Crippen LogP contribution in [-0.2, 0) is 35.2 Å². The van der Waals surface area contributed by atoms with Gasteiger partial charge in [0.2, 0.25) is 23.6 Å². The van der Waals surface area contributed by atoms with Crippen LogP contribution in [0.2, 0.25) is 0 Å². The number of carbonyl (C=O) groups is 8. The molecule has 1 saturated carbocycles. The Labute approximate surface area is 457 Å². The van der Waals surface area contributed by atoms with Gasteiger partial charge in [0.05, 0.1) is 46.3 Å². The van der Waals surface area contributed by atoms with E-state index in [-0.39, 0.29) is 93.0 Å². The monoisotopic (exact) mass is 1090 g/mol. The quantitative estimate of drug-likeness (QED) is 0.0284. The molecule has 21 heteroatoms. The number of aryl methyl sites for hydroxylation is 2. The molecule has 1 unspecified atom stereocenters. The summed E-state index contributed by atoms with van der Waals surface area (Å²) in [7, 11) is 1.51. The fourth-order valence-electron chi connectivity index (χ4n) is 9.62. The van der Waals surface area contributed by atoms with E-state index in [1.807, 2.05) is 55.5 Å². The molecule has 78 heavy (non-hydrogen) atoms. The van der Waals surface area contributed by atoms with Gasteiger partial charge in [0, 0.05) is 57.7 Å². The molecule has 416 valence electrons. The summed E-state index contributed by atoms with van der Waals surface area (Å²) >= 11 is 1.48. The number of nitrogens with zero attached hydrogens (tertiary/aromatic N) is 3. The van der Waals surface area contributed by atoms with Crippen molar-refractivity contribution >= 4 is 58.5 Å².